The van der Waals surface area contributed by atoms with Crippen LogP contribution in [-0.4, -0.2) is 47.8 Å². The van der Waals surface area contributed by atoms with Crippen LogP contribution >= 0.6 is 0 Å². The minimum absolute atomic E-state index is 0.0137. The second-order valence-corrected chi connectivity index (χ2v) is 6.56. The number of carbonyl (C=O) groups excluding carboxylic acids is 5. The third kappa shape index (κ3) is 4.19. The number of imide groups is 2. The van der Waals surface area contributed by atoms with Crippen LogP contribution in [0.25, 0.3) is 0 Å². The number of urea groups is 1. The molecule has 1 aliphatic heterocycles. The van der Waals surface area contributed by atoms with E-state index in [2.05, 4.69) is 5.32 Å². The van der Waals surface area contributed by atoms with Crippen molar-refractivity contribution in [3.05, 3.63) is 70.8 Å². The van der Waals surface area contributed by atoms with Crippen LogP contribution in [0.15, 0.2) is 48.5 Å². The first kappa shape index (κ1) is 20.7. The summed E-state index contributed by atoms with van der Waals surface area (Å²) in [6.45, 7) is 1.32. The average molecular weight is 409 g/mol. The summed E-state index contributed by atoms with van der Waals surface area (Å²) in [6, 6.07) is 12.1. The van der Waals surface area contributed by atoms with E-state index in [0.29, 0.717) is 16.7 Å². The lowest BCUT2D eigenvalue weighted by Crippen LogP contribution is -2.43. The molecule has 0 bridgehead atoms. The zero-order valence-corrected chi connectivity index (χ0v) is 16.3. The summed E-state index contributed by atoms with van der Waals surface area (Å²) in [5, 5.41) is 4.24. The molecule has 9 nitrogen and oxygen atoms in total. The standard InChI is InChI=1S/C21H19N3O6/c1-12(17(25)23-21(29)22-2)30-20(28)14-7-5-6-13(10-14)11-24-18(26)15-8-3-4-9-16(15)19(24)27/h3-10,12H,11H2,1-2H3,(H2,22,23,25,29)/t12-/m1/s1. The molecule has 5 amide bonds. The van der Waals surface area contributed by atoms with Gasteiger partial charge in [0, 0.05) is 7.05 Å². The summed E-state index contributed by atoms with van der Waals surface area (Å²) in [4.78, 5) is 61.5. The lowest BCUT2D eigenvalue weighted by molar-refractivity contribution is -0.127. The fourth-order valence-electron chi connectivity index (χ4n) is 2.92. The molecule has 1 aliphatic rings. The summed E-state index contributed by atoms with van der Waals surface area (Å²) in [5.41, 5.74) is 1.37. The highest BCUT2D eigenvalue weighted by molar-refractivity contribution is 6.21. The number of carbonyl (C=O) groups is 5. The highest BCUT2D eigenvalue weighted by atomic mass is 16.5. The van der Waals surface area contributed by atoms with Crippen molar-refractivity contribution in [3.8, 4) is 0 Å². The van der Waals surface area contributed by atoms with Gasteiger partial charge in [-0.15, -0.1) is 0 Å². The van der Waals surface area contributed by atoms with Crippen LogP contribution in [0, 0.1) is 0 Å². The Morgan fingerprint density at radius 1 is 1.00 bits per heavy atom. The molecule has 9 heteroatoms. The molecule has 1 heterocycles. The molecular formula is C21H19N3O6. The van der Waals surface area contributed by atoms with Gasteiger partial charge in [0.1, 0.15) is 0 Å². The molecule has 0 fully saturated rings. The molecule has 0 aliphatic carbocycles. The first-order valence-electron chi connectivity index (χ1n) is 9.09. The van der Waals surface area contributed by atoms with Crippen molar-refractivity contribution in [2.45, 2.75) is 19.6 Å². The number of benzene rings is 2. The first-order valence-corrected chi connectivity index (χ1v) is 9.09. The Morgan fingerprint density at radius 2 is 1.63 bits per heavy atom. The molecule has 0 unspecified atom stereocenters. The maximum atomic E-state index is 12.5. The Hall–Kier alpha value is -4.01. The number of hydrogen-bond acceptors (Lipinski definition) is 6. The summed E-state index contributed by atoms with van der Waals surface area (Å²) in [5.74, 6) is -2.35. The lowest BCUT2D eigenvalue weighted by atomic mass is 10.1. The van der Waals surface area contributed by atoms with Crippen molar-refractivity contribution in [1.82, 2.24) is 15.5 Å². The highest BCUT2D eigenvalue weighted by Crippen LogP contribution is 2.24. The molecule has 2 aromatic carbocycles. The van der Waals surface area contributed by atoms with Crippen molar-refractivity contribution >= 4 is 29.7 Å². The monoisotopic (exact) mass is 409 g/mol. The van der Waals surface area contributed by atoms with E-state index < -0.39 is 35.8 Å². The van der Waals surface area contributed by atoms with E-state index in [4.69, 9.17) is 4.74 Å². The zero-order chi connectivity index (χ0) is 21.8. The molecular weight excluding hydrogens is 390 g/mol. The van der Waals surface area contributed by atoms with Crippen LogP contribution < -0.4 is 10.6 Å². The normalized spacial score (nSPS) is 13.5. The number of nitrogens with zero attached hydrogens (tertiary/aromatic N) is 1. The van der Waals surface area contributed by atoms with Crippen LogP contribution in [0.3, 0.4) is 0 Å². The van der Waals surface area contributed by atoms with Crippen LogP contribution in [0.4, 0.5) is 4.79 Å². The van der Waals surface area contributed by atoms with Gasteiger partial charge in [-0.25, -0.2) is 9.59 Å². The minimum atomic E-state index is -1.20. The van der Waals surface area contributed by atoms with Crippen LogP contribution in [0.2, 0.25) is 0 Å². The van der Waals surface area contributed by atoms with E-state index in [1.165, 1.54) is 26.1 Å². The van der Waals surface area contributed by atoms with Gasteiger partial charge in [-0.1, -0.05) is 24.3 Å². The van der Waals surface area contributed by atoms with Gasteiger partial charge in [0.2, 0.25) is 0 Å². The van der Waals surface area contributed by atoms with Crippen molar-refractivity contribution in [1.29, 1.82) is 0 Å². The smallest absolute Gasteiger partial charge is 0.338 e. The predicted molar refractivity (Wildman–Crippen MR) is 105 cm³/mol. The van der Waals surface area contributed by atoms with E-state index in [0.717, 1.165) is 4.90 Å². The van der Waals surface area contributed by atoms with E-state index in [1.54, 1.807) is 36.4 Å². The van der Waals surface area contributed by atoms with Crippen LogP contribution in [0.1, 0.15) is 43.6 Å². The zero-order valence-electron chi connectivity index (χ0n) is 16.3. The van der Waals surface area contributed by atoms with Gasteiger partial charge in [-0.3, -0.25) is 24.6 Å². The number of esters is 1. The number of fused-ring (bicyclic) bond motifs is 1. The number of ether oxygens (including phenoxy) is 1. The molecule has 0 saturated heterocycles. The SMILES string of the molecule is CNC(=O)NC(=O)[C@@H](C)OC(=O)c1cccc(CN2C(=O)c3ccccc3C2=O)c1. The van der Waals surface area contributed by atoms with Crippen molar-refractivity contribution in [2.75, 3.05) is 7.05 Å². The van der Waals surface area contributed by atoms with Gasteiger partial charge in [0.05, 0.1) is 23.2 Å². The lowest BCUT2D eigenvalue weighted by Gasteiger charge is -2.15. The van der Waals surface area contributed by atoms with Gasteiger partial charge < -0.3 is 10.1 Å². The molecule has 2 aromatic rings. The Bertz CT molecular complexity index is 1010. The molecule has 1 atom stereocenters. The second kappa shape index (κ2) is 8.56. The van der Waals surface area contributed by atoms with Crippen molar-refractivity contribution in [2.24, 2.45) is 0 Å². The maximum absolute atomic E-state index is 12.5. The van der Waals surface area contributed by atoms with E-state index in [-0.39, 0.29) is 12.1 Å². The maximum Gasteiger partial charge on any atom is 0.338 e. The topological polar surface area (TPSA) is 122 Å². The molecule has 3 rings (SSSR count). The van der Waals surface area contributed by atoms with Crippen molar-refractivity contribution < 1.29 is 28.7 Å². The quantitative estimate of drug-likeness (QED) is 0.570. The third-order valence-corrected chi connectivity index (χ3v) is 4.50. The fourth-order valence-corrected chi connectivity index (χ4v) is 2.92. The Labute approximate surface area is 172 Å². The summed E-state index contributed by atoms with van der Waals surface area (Å²) in [7, 11) is 1.35. The number of rotatable bonds is 5. The second-order valence-electron chi connectivity index (χ2n) is 6.56. The van der Waals surface area contributed by atoms with Gasteiger partial charge in [-0.05, 0) is 36.8 Å². The van der Waals surface area contributed by atoms with Crippen molar-refractivity contribution in [3.63, 3.8) is 0 Å². The van der Waals surface area contributed by atoms with Gasteiger partial charge in [0.15, 0.2) is 6.10 Å². The molecule has 0 aromatic heterocycles. The predicted octanol–water partition coefficient (Wildman–Crippen LogP) is 1.48. The largest absolute Gasteiger partial charge is 0.449 e. The molecule has 30 heavy (non-hydrogen) atoms. The average Bonchev–Trinajstić information content (AvgIpc) is 2.98. The Balaban J connectivity index is 1.69. The van der Waals surface area contributed by atoms with Gasteiger partial charge in [-0.2, -0.15) is 0 Å². The third-order valence-electron chi connectivity index (χ3n) is 4.50. The minimum Gasteiger partial charge on any atom is -0.449 e. The molecule has 154 valence electrons. The molecule has 0 spiro atoms. The molecule has 0 radical (unpaired) electrons. The number of amides is 5. The van der Waals surface area contributed by atoms with Crippen LogP contribution in [0.5, 0.6) is 0 Å². The molecule has 0 saturated carbocycles. The number of hydrogen-bond donors (Lipinski definition) is 2. The fraction of sp³-hybridized carbons (Fsp3) is 0.190. The summed E-state index contributed by atoms with van der Waals surface area (Å²) in [6.07, 6.45) is -1.20. The Kier molecular flexibility index (Phi) is 5.91. The highest BCUT2D eigenvalue weighted by Gasteiger charge is 2.35. The van der Waals surface area contributed by atoms with Gasteiger partial charge in [0.25, 0.3) is 17.7 Å². The first-order chi connectivity index (χ1) is 14.3. The Morgan fingerprint density at radius 3 is 2.23 bits per heavy atom. The summed E-state index contributed by atoms with van der Waals surface area (Å²) >= 11 is 0. The number of nitrogens with one attached hydrogen (secondary N) is 2. The van der Waals surface area contributed by atoms with E-state index >= 15 is 0 Å². The van der Waals surface area contributed by atoms with Gasteiger partial charge >= 0.3 is 12.0 Å². The van der Waals surface area contributed by atoms with E-state index in [9.17, 15) is 24.0 Å². The van der Waals surface area contributed by atoms with E-state index in [1.807, 2.05) is 5.32 Å². The summed E-state index contributed by atoms with van der Waals surface area (Å²) < 4.78 is 5.08. The van der Waals surface area contributed by atoms with Crippen LogP contribution in [-0.2, 0) is 16.1 Å². The molecule has 2 N–H and O–H groups in total.